The van der Waals surface area contributed by atoms with E-state index in [4.69, 9.17) is 4.42 Å². The van der Waals surface area contributed by atoms with Crippen LogP contribution in [0.25, 0.3) is 11.0 Å². The van der Waals surface area contributed by atoms with Gasteiger partial charge in [0.1, 0.15) is 0 Å². The predicted molar refractivity (Wildman–Crippen MR) is 101 cm³/mol. The van der Waals surface area contributed by atoms with Gasteiger partial charge in [0, 0.05) is 25.6 Å². The number of imidazole rings is 1. The molecule has 1 saturated heterocycles. The van der Waals surface area contributed by atoms with E-state index in [1.165, 1.54) is 6.26 Å². The molecule has 1 N–H and O–H groups in total. The maximum atomic E-state index is 12.7. The van der Waals surface area contributed by atoms with Crippen molar-refractivity contribution >= 4 is 28.8 Å². The van der Waals surface area contributed by atoms with E-state index in [0.29, 0.717) is 37.6 Å². The lowest BCUT2D eigenvalue weighted by atomic mass is 9.96. The van der Waals surface area contributed by atoms with Crippen molar-refractivity contribution in [3.05, 3.63) is 48.4 Å². The summed E-state index contributed by atoms with van der Waals surface area (Å²) < 4.78 is 7.18. The van der Waals surface area contributed by atoms with Crippen LogP contribution in [0.3, 0.4) is 0 Å². The van der Waals surface area contributed by atoms with Crippen LogP contribution in [-0.4, -0.2) is 39.4 Å². The number of hydrogen-bond donors (Lipinski definition) is 1. The van der Waals surface area contributed by atoms with Crippen molar-refractivity contribution < 1.29 is 14.0 Å². The number of para-hydroxylation sites is 2. The van der Waals surface area contributed by atoms with Gasteiger partial charge in [0.05, 0.1) is 17.3 Å². The molecule has 2 aromatic heterocycles. The molecule has 140 valence electrons. The van der Waals surface area contributed by atoms with Crippen LogP contribution in [0.15, 0.2) is 47.1 Å². The zero-order valence-corrected chi connectivity index (χ0v) is 15.2. The van der Waals surface area contributed by atoms with Crippen molar-refractivity contribution in [3.8, 4) is 0 Å². The highest BCUT2D eigenvalue weighted by atomic mass is 16.3. The number of hydrogen-bond acceptors (Lipinski definition) is 4. The van der Waals surface area contributed by atoms with Crippen molar-refractivity contribution in [2.24, 2.45) is 5.92 Å². The second kappa shape index (κ2) is 7.26. The molecule has 1 aromatic carbocycles. The largest absolute Gasteiger partial charge is 0.459 e. The number of amides is 2. The number of rotatable bonds is 4. The van der Waals surface area contributed by atoms with E-state index in [0.717, 1.165) is 17.6 Å². The number of aryl methyl sites for hydroxylation is 1. The molecule has 3 heterocycles. The summed E-state index contributed by atoms with van der Waals surface area (Å²) in [7, 11) is 0. The lowest BCUT2D eigenvalue weighted by Crippen LogP contribution is -2.41. The molecule has 7 heteroatoms. The minimum absolute atomic E-state index is 0.0369. The number of carbonyl (C=O) groups is 2. The van der Waals surface area contributed by atoms with Crippen LogP contribution >= 0.6 is 0 Å². The number of nitrogens with one attached hydrogen (secondary N) is 1. The van der Waals surface area contributed by atoms with Crippen molar-refractivity contribution in [1.29, 1.82) is 0 Å². The first-order valence-corrected chi connectivity index (χ1v) is 9.26. The van der Waals surface area contributed by atoms with E-state index >= 15 is 0 Å². The molecule has 3 aromatic rings. The van der Waals surface area contributed by atoms with Crippen molar-refractivity contribution in [2.75, 3.05) is 18.4 Å². The van der Waals surface area contributed by atoms with Gasteiger partial charge >= 0.3 is 0 Å². The second-order valence-electron chi connectivity index (χ2n) is 6.70. The van der Waals surface area contributed by atoms with E-state index in [1.807, 2.05) is 35.8 Å². The fraction of sp³-hybridized carbons (Fsp3) is 0.350. The highest BCUT2D eigenvalue weighted by Gasteiger charge is 2.29. The summed E-state index contributed by atoms with van der Waals surface area (Å²) in [6.07, 6.45) is 2.75. The highest BCUT2D eigenvalue weighted by Crippen LogP contribution is 2.23. The highest BCUT2D eigenvalue weighted by molar-refractivity contribution is 5.94. The molecule has 1 fully saturated rings. The fourth-order valence-electron chi connectivity index (χ4n) is 3.60. The summed E-state index contributed by atoms with van der Waals surface area (Å²) in [6.45, 7) is 3.85. The SMILES string of the molecule is CCn1c(NC(=O)C2CCN(C(=O)c3ccco3)CC2)nc2ccccc21. The number of benzene rings is 1. The first-order chi connectivity index (χ1) is 13.2. The molecule has 7 nitrogen and oxygen atoms in total. The molecular formula is C20H22N4O3. The number of likely N-dealkylation sites (tertiary alicyclic amines) is 1. The number of carbonyl (C=O) groups excluding carboxylic acids is 2. The molecule has 4 rings (SSSR count). The Morgan fingerprint density at radius 1 is 1.19 bits per heavy atom. The van der Waals surface area contributed by atoms with Crippen LogP contribution < -0.4 is 5.32 Å². The van der Waals surface area contributed by atoms with Gasteiger partial charge in [-0.2, -0.15) is 0 Å². The number of anilines is 1. The van der Waals surface area contributed by atoms with Crippen molar-refractivity contribution in [2.45, 2.75) is 26.3 Å². The summed E-state index contributed by atoms with van der Waals surface area (Å²) in [4.78, 5) is 31.4. The Bertz CT molecular complexity index is 953. The third-order valence-corrected chi connectivity index (χ3v) is 5.09. The summed E-state index contributed by atoms with van der Waals surface area (Å²) >= 11 is 0. The average molecular weight is 366 g/mol. The Labute approximate surface area is 157 Å². The Morgan fingerprint density at radius 3 is 2.67 bits per heavy atom. The van der Waals surface area contributed by atoms with Gasteiger partial charge in [0.2, 0.25) is 11.9 Å². The van der Waals surface area contributed by atoms with Crippen LogP contribution in [0.2, 0.25) is 0 Å². The topological polar surface area (TPSA) is 80.4 Å². The average Bonchev–Trinajstić information content (AvgIpc) is 3.35. The van der Waals surface area contributed by atoms with E-state index in [9.17, 15) is 9.59 Å². The summed E-state index contributed by atoms with van der Waals surface area (Å²) in [5, 5.41) is 2.98. The van der Waals surface area contributed by atoms with Crippen LogP contribution in [0.1, 0.15) is 30.3 Å². The van der Waals surface area contributed by atoms with Gasteiger partial charge in [-0.05, 0) is 44.0 Å². The normalized spacial score (nSPS) is 15.2. The van der Waals surface area contributed by atoms with Gasteiger partial charge in [0.15, 0.2) is 5.76 Å². The zero-order valence-electron chi connectivity index (χ0n) is 15.2. The van der Waals surface area contributed by atoms with Crippen LogP contribution in [0.5, 0.6) is 0 Å². The van der Waals surface area contributed by atoms with Crippen molar-refractivity contribution in [1.82, 2.24) is 14.5 Å². The first-order valence-electron chi connectivity index (χ1n) is 9.26. The maximum Gasteiger partial charge on any atom is 0.289 e. The molecule has 1 aliphatic rings. The van der Waals surface area contributed by atoms with Crippen LogP contribution in [-0.2, 0) is 11.3 Å². The fourth-order valence-corrected chi connectivity index (χ4v) is 3.60. The predicted octanol–water partition coefficient (Wildman–Crippen LogP) is 3.14. The van der Waals surface area contributed by atoms with Gasteiger partial charge in [-0.1, -0.05) is 12.1 Å². The number of piperidine rings is 1. The Morgan fingerprint density at radius 2 is 1.96 bits per heavy atom. The van der Waals surface area contributed by atoms with Gasteiger partial charge in [-0.15, -0.1) is 0 Å². The Balaban J connectivity index is 1.41. The number of furan rings is 1. The van der Waals surface area contributed by atoms with E-state index < -0.39 is 0 Å². The zero-order chi connectivity index (χ0) is 18.8. The van der Waals surface area contributed by atoms with Crippen LogP contribution in [0.4, 0.5) is 5.95 Å². The molecule has 0 radical (unpaired) electrons. The summed E-state index contributed by atoms with van der Waals surface area (Å²) in [5.74, 6) is 0.639. The standard InChI is InChI=1S/C20H22N4O3/c1-2-24-16-7-4-3-6-15(16)21-20(24)22-18(25)14-9-11-23(12-10-14)19(26)17-8-5-13-27-17/h3-8,13-14H,2,9-12H2,1H3,(H,21,22,25). The number of nitrogens with zero attached hydrogens (tertiary/aromatic N) is 3. The van der Waals surface area contributed by atoms with E-state index in [-0.39, 0.29) is 17.7 Å². The minimum atomic E-state index is -0.129. The second-order valence-corrected chi connectivity index (χ2v) is 6.70. The van der Waals surface area contributed by atoms with E-state index in [2.05, 4.69) is 10.3 Å². The molecule has 0 unspecified atom stereocenters. The quantitative estimate of drug-likeness (QED) is 0.769. The van der Waals surface area contributed by atoms with Gasteiger partial charge in [0.25, 0.3) is 5.91 Å². The third-order valence-electron chi connectivity index (χ3n) is 5.09. The Kier molecular flexibility index (Phi) is 4.66. The lowest BCUT2D eigenvalue weighted by Gasteiger charge is -2.30. The molecule has 1 aliphatic heterocycles. The smallest absolute Gasteiger partial charge is 0.289 e. The van der Waals surface area contributed by atoms with Gasteiger partial charge in [-0.25, -0.2) is 4.98 Å². The lowest BCUT2D eigenvalue weighted by molar-refractivity contribution is -0.121. The summed E-state index contributed by atoms with van der Waals surface area (Å²) in [5.41, 5.74) is 1.88. The molecule has 0 spiro atoms. The van der Waals surface area contributed by atoms with Crippen molar-refractivity contribution in [3.63, 3.8) is 0 Å². The maximum absolute atomic E-state index is 12.7. The molecule has 2 amide bonds. The molecule has 0 aliphatic carbocycles. The summed E-state index contributed by atoms with van der Waals surface area (Å²) in [6, 6.07) is 11.2. The number of aromatic nitrogens is 2. The van der Waals surface area contributed by atoms with Gasteiger partial charge in [-0.3, -0.25) is 14.9 Å². The molecule has 0 bridgehead atoms. The minimum Gasteiger partial charge on any atom is -0.459 e. The molecule has 0 atom stereocenters. The van der Waals surface area contributed by atoms with Crippen LogP contribution in [0, 0.1) is 5.92 Å². The number of fused-ring (bicyclic) bond motifs is 1. The first kappa shape index (κ1) is 17.3. The third kappa shape index (κ3) is 3.32. The van der Waals surface area contributed by atoms with E-state index in [1.54, 1.807) is 17.0 Å². The molecular weight excluding hydrogens is 344 g/mol. The Hall–Kier alpha value is -3.09. The molecule has 0 saturated carbocycles. The molecule has 27 heavy (non-hydrogen) atoms. The monoisotopic (exact) mass is 366 g/mol. The van der Waals surface area contributed by atoms with Gasteiger partial charge < -0.3 is 13.9 Å².